The zero-order chi connectivity index (χ0) is 20.8. The van der Waals surface area contributed by atoms with Crippen molar-refractivity contribution in [1.29, 1.82) is 0 Å². The number of furan rings is 1. The first-order chi connectivity index (χ1) is 14.0. The van der Waals surface area contributed by atoms with Crippen LogP contribution in [0.4, 0.5) is 5.69 Å². The fourth-order valence-electron chi connectivity index (χ4n) is 2.53. The fourth-order valence-corrected chi connectivity index (χ4v) is 3.64. The number of benzene rings is 1. The maximum atomic E-state index is 12.3. The van der Waals surface area contributed by atoms with E-state index in [9.17, 15) is 9.59 Å². The molecular formula is C19H19BrN4O4S. The molecule has 10 heteroatoms. The number of hydrogen-bond donors (Lipinski definition) is 1. The number of ether oxygens (including phenoxy) is 1. The number of nitrogens with one attached hydrogen (secondary N) is 1. The van der Waals surface area contributed by atoms with Crippen molar-refractivity contribution in [2.75, 3.05) is 17.7 Å². The minimum atomic E-state index is -0.390. The van der Waals surface area contributed by atoms with Crippen molar-refractivity contribution in [2.24, 2.45) is 0 Å². The predicted octanol–water partition coefficient (Wildman–Crippen LogP) is 4.23. The maximum Gasteiger partial charge on any atom is 0.338 e. The van der Waals surface area contributed by atoms with Gasteiger partial charge in [0.25, 0.3) is 0 Å². The number of esters is 1. The van der Waals surface area contributed by atoms with Crippen molar-refractivity contribution in [3.05, 3.63) is 46.6 Å². The predicted molar refractivity (Wildman–Crippen MR) is 113 cm³/mol. The van der Waals surface area contributed by atoms with Crippen LogP contribution in [0.2, 0.25) is 0 Å². The molecule has 0 saturated heterocycles. The molecule has 8 nitrogen and oxygen atoms in total. The Hall–Kier alpha value is -2.59. The van der Waals surface area contributed by atoms with Gasteiger partial charge in [0.2, 0.25) is 11.7 Å². The molecule has 2 aromatic heterocycles. The third-order valence-corrected chi connectivity index (χ3v) is 5.23. The topological polar surface area (TPSA) is 99.2 Å². The molecule has 0 unspecified atom stereocenters. The summed E-state index contributed by atoms with van der Waals surface area (Å²) in [5, 5.41) is 11.8. The number of halogens is 1. The van der Waals surface area contributed by atoms with Crippen molar-refractivity contribution < 1.29 is 18.7 Å². The Morgan fingerprint density at radius 1 is 1.17 bits per heavy atom. The summed E-state index contributed by atoms with van der Waals surface area (Å²) in [6.07, 6.45) is 0. The van der Waals surface area contributed by atoms with E-state index in [2.05, 4.69) is 31.4 Å². The summed E-state index contributed by atoms with van der Waals surface area (Å²) in [4.78, 5) is 23.9. The maximum absolute atomic E-state index is 12.3. The van der Waals surface area contributed by atoms with Crippen LogP contribution >= 0.6 is 27.7 Å². The standard InChI is InChI=1S/C19H19BrN4O4S/c1-3-24-17(14-9-10-15(20)28-14)22-23-19(24)29-11-16(25)21-13-7-5-12(6-8-13)18(26)27-4-2/h5-10H,3-4,11H2,1-2H3,(H,21,25). The van der Waals surface area contributed by atoms with Crippen LogP contribution < -0.4 is 5.32 Å². The molecule has 0 atom stereocenters. The van der Waals surface area contributed by atoms with E-state index in [-0.39, 0.29) is 17.6 Å². The van der Waals surface area contributed by atoms with E-state index in [1.807, 2.05) is 11.5 Å². The van der Waals surface area contributed by atoms with Gasteiger partial charge in [0, 0.05) is 12.2 Å². The van der Waals surface area contributed by atoms with E-state index in [0.717, 1.165) is 0 Å². The second-order valence-electron chi connectivity index (χ2n) is 5.79. The van der Waals surface area contributed by atoms with Gasteiger partial charge in [-0.15, -0.1) is 10.2 Å². The number of thioether (sulfide) groups is 1. The van der Waals surface area contributed by atoms with Crippen LogP contribution in [0.5, 0.6) is 0 Å². The molecule has 2 heterocycles. The largest absolute Gasteiger partial charge is 0.462 e. The molecule has 1 aromatic carbocycles. The molecule has 1 N–H and O–H groups in total. The quantitative estimate of drug-likeness (QED) is 0.381. The average molecular weight is 479 g/mol. The van der Waals surface area contributed by atoms with Crippen molar-refractivity contribution in [1.82, 2.24) is 14.8 Å². The normalized spacial score (nSPS) is 10.7. The van der Waals surface area contributed by atoms with Crippen LogP contribution in [0.1, 0.15) is 24.2 Å². The number of anilines is 1. The molecule has 3 aromatic rings. The van der Waals surface area contributed by atoms with Crippen LogP contribution in [0.15, 0.2) is 50.6 Å². The fraction of sp³-hybridized carbons (Fsp3) is 0.263. The third kappa shape index (κ3) is 5.27. The molecule has 0 fully saturated rings. The molecule has 0 spiro atoms. The van der Waals surface area contributed by atoms with Gasteiger partial charge in [-0.25, -0.2) is 4.79 Å². The summed E-state index contributed by atoms with van der Waals surface area (Å²) >= 11 is 4.56. The molecule has 0 aliphatic heterocycles. The lowest BCUT2D eigenvalue weighted by atomic mass is 10.2. The number of hydrogen-bond acceptors (Lipinski definition) is 7. The highest BCUT2D eigenvalue weighted by Crippen LogP contribution is 2.27. The molecular weight excluding hydrogens is 460 g/mol. The lowest BCUT2D eigenvalue weighted by molar-refractivity contribution is -0.113. The molecule has 29 heavy (non-hydrogen) atoms. The molecule has 0 bridgehead atoms. The molecule has 1 amide bonds. The highest BCUT2D eigenvalue weighted by Gasteiger charge is 2.17. The number of rotatable bonds is 8. The lowest BCUT2D eigenvalue weighted by Crippen LogP contribution is -2.15. The van der Waals surface area contributed by atoms with E-state index in [1.54, 1.807) is 43.3 Å². The minimum Gasteiger partial charge on any atom is -0.462 e. The smallest absolute Gasteiger partial charge is 0.338 e. The van der Waals surface area contributed by atoms with Gasteiger partial charge in [-0.2, -0.15) is 0 Å². The van der Waals surface area contributed by atoms with Gasteiger partial charge in [0.05, 0.1) is 17.9 Å². The van der Waals surface area contributed by atoms with Gasteiger partial charge >= 0.3 is 5.97 Å². The lowest BCUT2D eigenvalue weighted by Gasteiger charge is -2.07. The summed E-state index contributed by atoms with van der Waals surface area (Å²) in [7, 11) is 0. The van der Waals surface area contributed by atoms with E-state index < -0.39 is 0 Å². The minimum absolute atomic E-state index is 0.166. The number of carbonyl (C=O) groups excluding carboxylic acids is 2. The summed E-state index contributed by atoms with van der Waals surface area (Å²) in [5.41, 5.74) is 1.04. The van der Waals surface area contributed by atoms with Crippen LogP contribution in [-0.4, -0.2) is 39.0 Å². The molecule has 0 aliphatic rings. The van der Waals surface area contributed by atoms with Crippen LogP contribution in [0, 0.1) is 0 Å². The molecule has 0 saturated carbocycles. The second kappa shape index (κ2) is 9.75. The number of nitrogens with zero attached hydrogens (tertiary/aromatic N) is 3. The average Bonchev–Trinajstić information content (AvgIpc) is 3.32. The van der Waals surface area contributed by atoms with Crippen LogP contribution in [0.3, 0.4) is 0 Å². The third-order valence-electron chi connectivity index (χ3n) is 3.84. The van der Waals surface area contributed by atoms with Crippen molar-refractivity contribution in [3.63, 3.8) is 0 Å². The second-order valence-corrected chi connectivity index (χ2v) is 7.51. The zero-order valence-corrected chi connectivity index (χ0v) is 18.2. The Bertz CT molecular complexity index is 1000. The van der Waals surface area contributed by atoms with Crippen molar-refractivity contribution >= 4 is 45.3 Å². The molecule has 152 valence electrons. The van der Waals surface area contributed by atoms with Gasteiger partial charge in [0.1, 0.15) is 0 Å². The zero-order valence-electron chi connectivity index (χ0n) is 15.8. The Kier molecular flexibility index (Phi) is 7.10. The Morgan fingerprint density at radius 3 is 2.55 bits per heavy atom. The summed E-state index contributed by atoms with van der Waals surface area (Å²) in [6.45, 7) is 4.68. The van der Waals surface area contributed by atoms with E-state index >= 15 is 0 Å². The number of carbonyl (C=O) groups is 2. The van der Waals surface area contributed by atoms with E-state index in [4.69, 9.17) is 9.15 Å². The van der Waals surface area contributed by atoms with Gasteiger partial charge < -0.3 is 14.5 Å². The summed E-state index contributed by atoms with van der Waals surface area (Å²) in [6, 6.07) is 10.1. The molecule has 0 aliphatic carbocycles. The van der Waals surface area contributed by atoms with Crippen molar-refractivity contribution in [3.8, 4) is 11.6 Å². The molecule has 0 radical (unpaired) electrons. The summed E-state index contributed by atoms with van der Waals surface area (Å²) < 4.78 is 13.0. The number of amides is 1. The Balaban J connectivity index is 1.59. The first-order valence-electron chi connectivity index (χ1n) is 8.90. The first kappa shape index (κ1) is 21.1. The van der Waals surface area contributed by atoms with Crippen molar-refractivity contribution in [2.45, 2.75) is 25.5 Å². The van der Waals surface area contributed by atoms with E-state index in [1.165, 1.54) is 11.8 Å². The van der Waals surface area contributed by atoms with Crippen LogP contribution in [-0.2, 0) is 16.1 Å². The molecule has 3 rings (SSSR count). The van der Waals surface area contributed by atoms with Gasteiger partial charge in [0.15, 0.2) is 15.6 Å². The highest BCUT2D eigenvalue weighted by molar-refractivity contribution is 9.10. The first-order valence-corrected chi connectivity index (χ1v) is 10.7. The SMILES string of the molecule is CCOC(=O)c1ccc(NC(=O)CSc2nnc(-c3ccc(Br)o3)n2CC)cc1. The van der Waals surface area contributed by atoms with Gasteiger partial charge in [-0.1, -0.05) is 11.8 Å². The van der Waals surface area contributed by atoms with Crippen LogP contribution in [0.25, 0.3) is 11.6 Å². The van der Waals surface area contributed by atoms with Gasteiger partial charge in [-0.05, 0) is 66.2 Å². The highest BCUT2D eigenvalue weighted by atomic mass is 79.9. The Morgan fingerprint density at radius 2 is 1.93 bits per heavy atom. The summed E-state index contributed by atoms with van der Waals surface area (Å²) in [5.74, 6) is 0.797. The van der Waals surface area contributed by atoms with E-state index in [0.29, 0.717) is 45.8 Å². The monoisotopic (exact) mass is 478 g/mol. The van der Waals surface area contributed by atoms with Gasteiger partial charge in [-0.3, -0.25) is 9.36 Å². The number of aromatic nitrogens is 3. The Labute approximate surface area is 180 Å².